The number of nitrogens with zero attached hydrogens (tertiary/aromatic N) is 2. The molecular weight excluding hydrogens is 216 g/mol. The molecule has 0 saturated carbocycles. The van der Waals surface area contributed by atoms with Crippen molar-refractivity contribution >= 4 is 16.6 Å². The van der Waals surface area contributed by atoms with E-state index in [2.05, 4.69) is 4.98 Å². The molecule has 0 bridgehead atoms. The molecule has 0 atom stereocenters. The van der Waals surface area contributed by atoms with Gasteiger partial charge in [0.1, 0.15) is 5.52 Å². The molecule has 0 amide bonds. The first-order valence-electron chi connectivity index (χ1n) is 5.44. The van der Waals surface area contributed by atoms with Gasteiger partial charge >= 0.3 is 0 Å². The summed E-state index contributed by atoms with van der Waals surface area (Å²) < 4.78 is 0. The van der Waals surface area contributed by atoms with E-state index in [1.54, 1.807) is 6.07 Å². The summed E-state index contributed by atoms with van der Waals surface area (Å²) in [7, 11) is 0. The Morgan fingerprint density at radius 1 is 1.18 bits per heavy atom. The van der Waals surface area contributed by atoms with E-state index in [9.17, 15) is 10.1 Å². The van der Waals surface area contributed by atoms with Gasteiger partial charge in [-0.25, -0.2) is 4.98 Å². The third kappa shape index (κ3) is 2.11. The summed E-state index contributed by atoms with van der Waals surface area (Å²) in [6, 6.07) is 8.81. The Balaban J connectivity index is 2.75. The summed E-state index contributed by atoms with van der Waals surface area (Å²) in [5.74, 6) is 0. The molecule has 0 unspecified atom stereocenters. The Labute approximate surface area is 99.4 Å². The van der Waals surface area contributed by atoms with E-state index < -0.39 is 0 Å². The van der Waals surface area contributed by atoms with E-state index >= 15 is 0 Å². The normalized spacial score (nSPS) is 11.7. The van der Waals surface area contributed by atoms with Gasteiger partial charge in [0, 0.05) is 22.6 Å². The minimum absolute atomic E-state index is 0.0635. The first kappa shape index (κ1) is 11.5. The smallest absolute Gasteiger partial charge is 0.258 e. The van der Waals surface area contributed by atoms with Crippen LogP contribution in [0.2, 0.25) is 0 Å². The Morgan fingerprint density at radius 2 is 1.88 bits per heavy atom. The van der Waals surface area contributed by atoms with Crippen molar-refractivity contribution in [1.29, 1.82) is 0 Å². The maximum atomic E-state index is 10.9. The number of nitro groups is 1. The van der Waals surface area contributed by atoms with Crippen LogP contribution in [-0.2, 0) is 5.41 Å². The molecule has 0 radical (unpaired) electrons. The van der Waals surface area contributed by atoms with Crippen LogP contribution in [0.4, 0.5) is 5.69 Å². The van der Waals surface area contributed by atoms with Gasteiger partial charge in [-0.2, -0.15) is 0 Å². The highest BCUT2D eigenvalue weighted by molar-refractivity contribution is 5.87. The van der Waals surface area contributed by atoms with Crippen LogP contribution in [0, 0.1) is 10.1 Å². The topological polar surface area (TPSA) is 56.0 Å². The van der Waals surface area contributed by atoms with Gasteiger partial charge in [-0.05, 0) is 6.07 Å². The fraction of sp³-hybridized carbons (Fsp3) is 0.308. The standard InChI is InChI=1S/C13H14N2O2/c1-13(2,3)11-8-7-9-5-4-6-10(15(16)17)12(9)14-11/h4-8H,1-3H3. The van der Waals surface area contributed by atoms with Gasteiger partial charge in [0.2, 0.25) is 0 Å². The summed E-state index contributed by atoms with van der Waals surface area (Å²) in [5, 5.41) is 11.7. The Kier molecular flexibility index (Phi) is 2.58. The van der Waals surface area contributed by atoms with Gasteiger partial charge in [-0.1, -0.05) is 39.0 Å². The first-order valence-corrected chi connectivity index (χ1v) is 5.44. The fourth-order valence-electron chi connectivity index (χ4n) is 1.70. The molecule has 0 aliphatic heterocycles. The van der Waals surface area contributed by atoms with Crippen molar-refractivity contribution in [1.82, 2.24) is 4.98 Å². The average molecular weight is 230 g/mol. The number of rotatable bonds is 1. The highest BCUT2D eigenvalue weighted by atomic mass is 16.6. The van der Waals surface area contributed by atoms with Crippen LogP contribution in [0.3, 0.4) is 0 Å². The van der Waals surface area contributed by atoms with E-state index in [0.717, 1.165) is 11.1 Å². The number of benzene rings is 1. The molecule has 0 fully saturated rings. The van der Waals surface area contributed by atoms with E-state index in [1.165, 1.54) is 6.07 Å². The third-order valence-electron chi connectivity index (χ3n) is 2.66. The molecule has 0 aliphatic rings. The lowest BCUT2D eigenvalue weighted by Gasteiger charge is -2.17. The Morgan fingerprint density at radius 3 is 2.47 bits per heavy atom. The lowest BCUT2D eigenvalue weighted by molar-refractivity contribution is -0.383. The molecule has 2 rings (SSSR count). The van der Waals surface area contributed by atoms with Crippen LogP contribution in [-0.4, -0.2) is 9.91 Å². The summed E-state index contributed by atoms with van der Waals surface area (Å²) in [6.07, 6.45) is 0. The fourth-order valence-corrected chi connectivity index (χ4v) is 1.70. The summed E-state index contributed by atoms with van der Waals surface area (Å²) >= 11 is 0. The SMILES string of the molecule is CC(C)(C)c1ccc2cccc([N+](=O)[O-])c2n1. The van der Waals surface area contributed by atoms with Gasteiger partial charge in [0.05, 0.1) is 4.92 Å². The molecule has 1 aromatic heterocycles. The lowest BCUT2D eigenvalue weighted by Crippen LogP contribution is -2.13. The van der Waals surface area contributed by atoms with Crippen LogP contribution in [0.25, 0.3) is 10.9 Å². The molecule has 4 heteroatoms. The van der Waals surface area contributed by atoms with Crippen LogP contribution in [0.1, 0.15) is 26.5 Å². The highest BCUT2D eigenvalue weighted by Crippen LogP contribution is 2.27. The van der Waals surface area contributed by atoms with Gasteiger partial charge in [-0.15, -0.1) is 0 Å². The Bertz CT molecular complexity index is 585. The van der Waals surface area contributed by atoms with Crippen LogP contribution in [0.5, 0.6) is 0 Å². The predicted molar refractivity (Wildman–Crippen MR) is 67.1 cm³/mol. The van der Waals surface area contributed by atoms with Gasteiger partial charge in [0.15, 0.2) is 0 Å². The largest absolute Gasteiger partial charge is 0.295 e. The van der Waals surface area contributed by atoms with Crippen molar-refractivity contribution in [3.8, 4) is 0 Å². The number of hydrogen-bond acceptors (Lipinski definition) is 3. The zero-order valence-corrected chi connectivity index (χ0v) is 10.1. The van der Waals surface area contributed by atoms with Gasteiger partial charge < -0.3 is 0 Å². The van der Waals surface area contributed by atoms with Crippen molar-refractivity contribution in [2.75, 3.05) is 0 Å². The van der Waals surface area contributed by atoms with Gasteiger partial charge in [-0.3, -0.25) is 10.1 Å². The second kappa shape index (κ2) is 3.80. The maximum Gasteiger partial charge on any atom is 0.295 e. The monoisotopic (exact) mass is 230 g/mol. The highest BCUT2D eigenvalue weighted by Gasteiger charge is 2.19. The molecule has 0 spiro atoms. The lowest BCUT2D eigenvalue weighted by atomic mass is 9.91. The molecule has 88 valence electrons. The molecule has 1 heterocycles. The zero-order chi connectivity index (χ0) is 12.6. The van der Waals surface area contributed by atoms with E-state index in [0.29, 0.717) is 5.52 Å². The molecule has 0 N–H and O–H groups in total. The molecule has 1 aromatic carbocycles. The molecule has 0 saturated heterocycles. The summed E-state index contributed by atoms with van der Waals surface area (Å²) in [4.78, 5) is 15.0. The second-order valence-corrected chi connectivity index (χ2v) is 5.05. The minimum Gasteiger partial charge on any atom is -0.258 e. The number of pyridine rings is 1. The first-order chi connectivity index (χ1) is 7.89. The number of fused-ring (bicyclic) bond motifs is 1. The molecule has 17 heavy (non-hydrogen) atoms. The van der Waals surface area contributed by atoms with Crippen LogP contribution < -0.4 is 0 Å². The van der Waals surface area contributed by atoms with Gasteiger partial charge in [0.25, 0.3) is 5.69 Å². The van der Waals surface area contributed by atoms with Crippen molar-refractivity contribution < 1.29 is 4.92 Å². The third-order valence-corrected chi connectivity index (χ3v) is 2.66. The average Bonchev–Trinajstić information content (AvgIpc) is 2.26. The number of hydrogen-bond donors (Lipinski definition) is 0. The van der Waals surface area contributed by atoms with Crippen molar-refractivity contribution in [2.24, 2.45) is 0 Å². The number of para-hydroxylation sites is 1. The molecule has 0 aliphatic carbocycles. The molecule has 4 nitrogen and oxygen atoms in total. The molecular formula is C13H14N2O2. The summed E-state index contributed by atoms with van der Waals surface area (Å²) in [6.45, 7) is 6.11. The Hall–Kier alpha value is -1.97. The van der Waals surface area contributed by atoms with Crippen LogP contribution >= 0.6 is 0 Å². The van der Waals surface area contributed by atoms with Crippen LogP contribution in [0.15, 0.2) is 30.3 Å². The number of aromatic nitrogens is 1. The predicted octanol–water partition coefficient (Wildman–Crippen LogP) is 3.44. The van der Waals surface area contributed by atoms with E-state index in [-0.39, 0.29) is 16.0 Å². The van der Waals surface area contributed by atoms with Crippen molar-refractivity contribution in [3.05, 3.63) is 46.1 Å². The minimum atomic E-state index is -0.387. The molecule has 2 aromatic rings. The van der Waals surface area contributed by atoms with E-state index in [4.69, 9.17) is 0 Å². The number of nitro benzene ring substituents is 1. The van der Waals surface area contributed by atoms with E-state index in [1.807, 2.05) is 39.0 Å². The van der Waals surface area contributed by atoms with Crippen molar-refractivity contribution in [2.45, 2.75) is 26.2 Å². The zero-order valence-electron chi connectivity index (χ0n) is 10.1. The maximum absolute atomic E-state index is 10.9. The summed E-state index contributed by atoms with van der Waals surface area (Å²) in [5.41, 5.74) is 1.27. The van der Waals surface area contributed by atoms with Crippen molar-refractivity contribution in [3.63, 3.8) is 0 Å². The number of non-ortho nitro benzene ring substituents is 1. The quantitative estimate of drug-likeness (QED) is 0.557. The second-order valence-electron chi connectivity index (χ2n) is 5.05.